The summed E-state index contributed by atoms with van der Waals surface area (Å²) in [6.07, 6.45) is 2.54. The first-order valence-corrected chi connectivity index (χ1v) is 6.58. The Morgan fingerprint density at radius 1 is 1.33 bits per heavy atom. The summed E-state index contributed by atoms with van der Waals surface area (Å²) in [4.78, 5) is 2.35. The Bertz CT molecular complexity index is 378. The number of likely N-dealkylation sites (tertiary alicyclic amines) is 1. The molecule has 0 spiro atoms. The smallest absolute Gasteiger partial charge is 0.165 e. The van der Waals surface area contributed by atoms with E-state index in [9.17, 15) is 4.39 Å². The average Bonchev–Trinajstić information content (AvgIpc) is 2.85. The minimum absolute atomic E-state index is 0.274. The number of halogens is 1. The summed E-state index contributed by atoms with van der Waals surface area (Å²) in [6.45, 7) is 4.41. The van der Waals surface area contributed by atoms with Crippen LogP contribution in [0.5, 0.6) is 5.75 Å². The third-order valence-electron chi connectivity index (χ3n) is 3.24. The van der Waals surface area contributed by atoms with E-state index in [0.29, 0.717) is 18.9 Å². The predicted octanol–water partition coefficient (Wildman–Crippen LogP) is 2.02. The monoisotopic (exact) mass is 252 g/mol. The van der Waals surface area contributed by atoms with Gasteiger partial charge in [-0.3, -0.25) is 4.90 Å². The summed E-state index contributed by atoms with van der Waals surface area (Å²) < 4.78 is 19.2. The van der Waals surface area contributed by atoms with E-state index >= 15 is 0 Å². The van der Waals surface area contributed by atoms with Gasteiger partial charge >= 0.3 is 0 Å². The summed E-state index contributed by atoms with van der Waals surface area (Å²) in [5.74, 6) is 0.0817. The van der Waals surface area contributed by atoms with Crippen molar-refractivity contribution < 1.29 is 9.13 Å². The standard InChI is InChI=1S/C14H21FN2O/c1-16-11-12-4-5-14(13(15)10-12)18-9-8-17-6-2-3-7-17/h4-5,10,16H,2-3,6-9,11H2,1H3. The summed E-state index contributed by atoms with van der Waals surface area (Å²) in [5, 5.41) is 3.00. The van der Waals surface area contributed by atoms with E-state index in [-0.39, 0.29) is 5.82 Å². The van der Waals surface area contributed by atoms with E-state index in [1.165, 1.54) is 18.9 Å². The maximum atomic E-state index is 13.7. The maximum Gasteiger partial charge on any atom is 0.165 e. The van der Waals surface area contributed by atoms with Gasteiger partial charge in [0.15, 0.2) is 11.6 Å². The van der Waals surface area contributed by atoms with Crippen LogP contribution < -0.4 is 10.1 Å². The Balaban J connectivity index is 1.81. The second kappa shape index (κ2) is 6.71. The van der Waals surface area contributed by atoms with Gasteiger partial charge in [0.2, 0.25) is 0 Å². The molecule has 1 aliphatic heterocycles. The van der Waals surface area contributed by atoms with Crippen molar-refractivity contribution in [2.24, 2.45) is 0 Å². The third-order valence-corrected chi connectivity index (χ3v) is 3.24. The fraction of sp³-hybridized carbons (Fsp3) is 0.571. The Morgan fingerprint density at radius 3 is 2.78 bits per heavy atom. The van der Waals surface area contributed by atoms with Gasteiger partial charge in [-0.1, -0.05) is 6.07 Å². The molecular formula is C14H21FN2O. The lowest BCUT2D eigenvalue weighted by atomic mass is 10.2. The summed E-state index contributed by atoms with van der Waals surface area (Å²) >= 11 is 0. The maximum absolute atomic E-state index is 13.7. The Hall–Kier alpha value is -1.13. The van der Waals surface area contributed by atoms with Gasteiger partial charge in [0.25, 0.3) is 0 Å². The molecule has 1 heterocycles. The molecule has 18 heavy (non-hydrogen) atoms. The number of nitrogens with one attached hydrogen (secondary N) is 1. The normalized spacial score (nSPS) is 16.1. The van der Waals surface area contributed by atoms with Crippen LogP contribution in [0.4, 0.5) is 4.39 Å². The van der Waals surface area contributed by atoms with Crippen LogP contribution in [-0.4, -0.2) is 38.2 Å². The number of benzene rings is 1. The minimum Gasteiger partial charge on any atom is -0.489 e. The third kappa shape index (κ3) is 3.68. The first-order valence-electron chi connectivity index (χ1n) is 6.58. The molecule has 3 nitrogen and oxygen atoms in total. The van der Waals surface area contributed by atoms with Gasteiger partial charge in [-0.2, -0.15) is 0 Å². The molecule has 0 amide bonds. The molecule has 1 N–H and O–H groups in total. The highest BCUT2D eigenvalue weighted by atomic mass is 19.1. The predicted molar refractivity (Wildman–Crippen MR) is 70.3 cm³/mol. The molecule has 0 unspecified atom stereocenters. The van der Waals surface area contributed by atoms with Crippen LogP contribution in [0.1, 0.15) is 18.4 Å². The zero-order valence-electron chi connectivity index (χ0n) is 10.9. The van der Waals surface area contributed by atoms with E-state index in [0.717, 1.165) is 25.2 Å². The van der Waals surface area contributed by atoms with Crippen LogP contribution in [0.2, 0.25) is 0 Å². The van der Waals surface area contributed by atoms with Gasteiger partial charge in [0, 0.05) is 13.1 Å². The first kappa shape index (κ1) is 13.3. The molecule has 4 heteroatoms. The van der Waals surface area contributed by atoms with Gasteiger partial charge in [0.1, 0.15) is 6.61 Å². The van der Waals surface area contributed by atoms with Crippen molar-refractivity contribution in [1.29, 1.82) is 0 Å². The molecule has 2 rings (SSSR count). The van der Waals surface area contributed by atoms with Crippen LogP contribution in [0.3, 0.4) is 0 Å². The molecule has 0 atom stereocenters. The van der Waals surface area contributed by atoms with Crippen LogP contribution in [-0.2, 0) is 6.54 Å². The molecular weight excluding hydrogens is 231 g/mol. The average molecular weight is 252 g/mol. The molecule has 0 bridgehead atoms. The number of ether oxygens (including phenoxy) is 1. The fourth-order valence-electron chi connectivity index (χ4n) is 2.27. The first-order chi connectivity index (χ1) is 8.79. The van der Waals surface area contributed by atoms with Gasteiger partial charge in [-0.15, -0.1) is 0 Å². The van der Waals surface area contributed by atoms with Gasteiger partial charge in [-0.05, 0) is 50.7 Å². The molecule has 1 aromatic carbocycles. The molecule has 1 aromatic rings. The van der Waals surface area contributed by atoms with Crippen LogP contribution >= 0.6 is 0 Å². The largest absolute Gasteiger partial charge is 0.489 e. The summed E-state index contributed by atoms with van der Waals surface area (Å²) in [6, 6.07) is 5.14. The molecule has 1 aliphatic rings. The van der Waals surface area contributed by atoms with E-state index in [1.807, 2.05) is 13.1 Å². The SMILES string of the molecule is CNCc1ccc(OCCN2CCCC2)c(F)c1. The molecule has 1 saturated heterocycles. The highest BCUT2D eigenvalue weighted by molar-refractivity contribution is 5.29. The minimum atomic E-state index is -0.274. The second-order valence-electron chi connectivity index (χ2n) is 4.69. The molecule has 0 aromatic heterocycles. The number of rotatable bonds is 6. The van der Waals surface area contributed by atoms with Crippen molar-refractivity contribution in [3.63, 3.8) is 0 Å². The zero-order valence-corrected chi connectivity index (χ0v) is 10.9. The van der Waals surface area contributed by atoms with Crippen LogP contribution in [0, 0.1) is 5.82 Å². The lowest BCUT2D eigenvalue weighted by Gasteiger charge is -2.15. The van der Waals surface area contributed by atoms with Gasteiger partial charge < -0.3 is 10.1 Å². The number of nitrogens with zero attached hydrogens (tertiary/aromatic N) is 1. The van der Waals surface area contributed by atoms with Crippen molar-refractivity contribution in [2.75, 3.05) is 33.3 Å². The second-order valence-corrected chi connectivity index (χ2v) is 4.69. The van der Waals surface area contributed by atoms with Crippen LogP contribution in [0.25, 0.3) is 0 Å². The van der Waals surface area contributed by atoms with Gasteiger partial charge in [0.05, 0.1) is 0 Å². The van der Waals surface area contributed by atoms with Crippen LogP contribution in [0.15, 0.2) is 18.2 Å². The molecule has 0 aliphatic carbocycles. The highest BCUT2D eigenvalue weighted by Crippen LogP contribution is 2.18. The Morgan fingerprint density at radius 2 is 2.11 bits per heavy atom. The van der Waals surface area contributed by atoms with E-state index in [1.54, 1.807) is 6.07 Å². The Kier molecular flexibility index (Phi) is 4.96. The molecule has 0 saturated carbocycles. The quantitative estimate of drug-likeness (QED) is 0.838. The fourth-order valence-corrected chi connectivity index (χ4v) is 2.27. The molecule has 0 radical (unpaired) electrons. The van der Waals surface area contributed by atoms with Crippen molar-refractivity contribution in [3.05, 3.63) is 29.6 Å². The lowest BCUT2D eigenvalue weighted by molar-refractivity contribution is 0.231. The summed E-state index contributed by atoms with van der Waals surface area (Å²) in [7, 11) is 1.85. The highest BCUT2D eigenvalue weighted by Gasteiger charge is 2.11. The topological polar surface area (TPSA) is 24.5 Å². The number of hydrogen-bond donors (Lipinski definition) is 1. The van der Waals surface area contributed by atoms with E-state index in [4.69, 9.17) is 4.74 Å². The lowest BCUT2D eigenvalue weighted by Crippen LogP contribution is -2.25. The van der Waals surface area contributed by atoms with E-state index in [2.05, 4.69) is 10.2 Å². The zero-order chi connectivity index (χ0) is 12.8. The Labute approximate surface area is 108 Å². The van der Waals surface area contributed by atoms with Crippen molar-refractivity contribution in [3.8, 4) is 5.75 Å². The molecule has 1 fully saturated rings. The van der Waals surface area contributed by atoms with E-state index < -0.39 is 0 Å². The van der Waals surface area contributed by atoms with Crippen molar-refractivity contribution in [1.82, 2.24) is 10.2 Å². The van der Waals surface area contributed by atoms with Crippen molar-refractivity contribution >= 4 is 0 Å². The number of hydrogen-bond acceptors (Lipinski definition) is 3. The van der Waals surface area contributed by atoms with Crippen molar-refractivity contribution in [2.45, 2.75) is 19.4 Å². The molecule has 100 valence electrons. The van der Waals surface area contributed by atoms with Gasteiger partial charge in [-0.25, -0.2) is 4.39 Å². The summed E-state index contributed by atoms with van der Waals surface area (Å²) in [5.41, 5.74) is 0.932.